The summed E-state index contributed by atoms with van der Waals surface area (Å²) in [5, 5.41) is 15.1. The van der Waals surface area contributed by atoms with E-state index in [2.05, 4.69) is 10.6 Å². The summed E-state index contributed by atoms with van der Waals surface area (Å²) in [5.74, 6) is -0.996. The fourth-order valence-corrected chi connectivity index (χ4v) is 2.65. The molecule has 0 saturated heterocycles. The summed E-state index contributed by atoms with van der Waals surface area (Å²) in [6, 6.07) is 12.7. The van der Waals surface area contributed by atoms with E-state index in [1.165, 1.54) is 0 Å². The number of aryl methyl sites for hydroxylation is 1. The Morgan fingerprint density at radius 1 is 1.21 bits per heavy atom. The van der Waals surface area contributed by atoms with Crippen LogP contribution in [0.1, 0.15) is 17.5 Å². The molecule has 0 atom stereocenters. The van der Waals surface area contributed by atoms with Crippen LogP contribution in [0.5, 0.6) is 0 Å². The van der Waals surface area contributed by atoms with Crippen LogP contribution in [0, 0.1) is 0 Å². The van der Waals surface area contributed by atoms with Crippen LogP contribution < -0.4 is 10.6 Å². The summed E-state index contributed by atoms with van der Waals surface area (Å²) >= 11 is 5.99. The van der Waals surface area contributed by atoms with E-state index < -0.39 is 5.97 Å². The number of anilines is 2. The molecule has 24 heavy (non-hydrogen) atoms. The summed E-state index contributed by atoms with van der Waals surface area (Å²) in [6.07, 6.45) is 2.24. The van der Waals surface area contributed by atoms with Gasteiger partial charge in [0.05, 0.1) is 5.57 Å². The Balaban J connectivity index is 1.73. The van der Waals surface area contributed by atoms with Crippen molar-refractivity contribution in [3.63, 3.8) is 0 Å². The molecule has 0 aliphatic carbocycles. The van der Waals surface area contributed by atoms with Crippen molar-refractivity contribution in [2.75, 3.05) is 10.6 Å². The van der Waals surface area contributed by atoms with E-state index >= 15 is 0 Å². The maximum atomic E-state index is 12.0. The zero-order valence-corrected chi connectivity index (χ0v) is 13.4. The third kappa shape index (κ3) is 3.58. The standard InChI is InChI=1S/C18H15ClN2O3/c19-12-4-7-16-14(9-12)15(18(24)21-16)10-20-13-5-1-11(2-6-13)3-8-17(22)23/h1-2,4-7,9-10,20H,3,8H2,(H,21,24)(H,22,23). The van der Waals surface area contributed by atoms with E-state index in [-0.39, 0.29) is 12.3 Å². The minimum Gasteiger partial charge on any atom is -0.481 e. The molecule has 0 unspecified atom stereocenters. The molecule has 1 aliphatic rings. The van der Waals surface area contributed by atoms with Crippen LogP contribution in [0.4, 0.5) is 11.4 Å². The molecule has 0 fully saturated rings. The molecule has 0 aromatic heterocycles. The molecule has 0 spiro atoms. The first-order valence-corrected chi connectivity index (χ1v) is 7.79. The predicted octanol–water partition coefficient (Wildman–Crippen LogP) is 3.76. The normalized spacial score (nSPS) is 14.4. The van der Waals surface area contributed by atoms with Gasteiger partial charge in [-0.15, -0.1) is 0 Å². The summed E-state index contributed by atoms with van der Waals surface area (Å²) in [7, 11) is 0. The predicted molar refractivity (Wildman–Crippen MR) is 94.1 cm³/mol. The molecular weight excluding hydrogens is 328 g/mol. The van der Waals surface area contributed by atoms with Gasteiger partial charge in [0.2, 0.25) is 0 Å². The lowest BCUT2D eigenvalue weighted by Crippen LogP contribution is -2.05. The Labute approximate surface area is 144 Å². The number of nitrogens with one attached hydrogen (secondary N) is 2. The minimum absolute atomic E-state index is 0.106. The number of benzene rings is 2. The fourth-order valence-electron chi connectivity index (χ4n) is 2.48. The van der Waals surface area contributed by atoms with Crippen molar-refractivity contribution >= 4 is 40.4 Å². The average molecular weight is 343 g/mol. The van der Waals surface area contributed by atoms with Gasteiger partial charge in [-0.2, -0.15) is 0 Å². The van der Waals surface area contributed by atoms with Crippen LogP contribution in [0.15, 0.2) is 48.7 Å². The molecule has 5 nitrogen and oxygen atoms in total. The number of carbonyl (C=O) groups is 2. The van der Waals surface area contributed by atoms with Gasteiger partial charge < -0.3 is 15.7 Å². The second-order valence-electron chi connectivity index (χ2n) is 5.44. The highest BCUT2D eigenvalue weighted by Crippen LogP contribution is 2.33. The number of aliphatic carboxylic acids is 1. The first-order valence-electron chi connectivity index (χ1n) is 7.41. The summed E-state index contributed by atoms with van der Waals surface area (Å²) in [6.45, 7) is 0. The molecule has 2 aromatic rings. The van der Waals surface area contributed by atoms with Crippen molar-refractivity contribution in [2.24, 2.45) is 0 Å². The number of halogens is 1. The number of carbonyl (C=O) groups excluding carboxylic acids is 1. The zero-order chi connectivity index (χ0) is 17.1. The average Bonchev–Trinajstić information content (AvgIpc) is 2.86. The number of hydrogen-bond donors (Lipinski definition) is 3. The van der Waals surface area contributed by atoms with Gasteiger partial charge in [-0.25, -0.2) is 0 Å². The number of carboxylic acid groups (broad SMARTS) is 1. The molecule has 0 bridgehead atoms. The van der Waals surface area contributed by atoms with E-state index in [1.54, 1.807) is 24.4 Å². The number of fused-ring (bicyclic) bond motifs is 1. The van der Waals surface area contributed by atoms with Crippen LogP contribution in [-0.4, -0.2) is 17.0 Å². The molecule has 122 valence electrons. The lowest BCUT2D eigenvalue weighted by molar-refractivity contribution is -0.137. The minimum atomic E-state index is -0.813. The fraction of sp³-hybridized carbons (Fsp3) is 0.111. The van der Waals surface area contributed by atoms with Crippen LogP contribution in [0.25, 0.3) is 5.57 Å². The van der Waals surface area contributed by atoms with Crippen molar-refractivity contribution in [2.45, 2.75) is 12.8 Å². The monoisotopic (exact) mass is 342 g/mol. The Kier molecular flexibility index (Phi) is 4.53. The highest BCUT2D eigenvalue weighted by molar-refractivity contribution is 6.34. The quantitative estimate of drug-likeness (QED) is 0.723. The van der Waals surface area contributed by atoms with Crippen LogP contribution >= 0.6 is 11.6 Å². The molecule has 1 heterocycles. The number of hydrogen-bond acceptors (Lipinski definition) is 3. The van der Waals surface area contributed by atoms with Gasteiger partial charge in [0.15, 0.2) is 0 Å². The van der Waals surface area contributed by atoms with Crippen molar-refractivity contribution in [1.29, 1.82) is 0 Å². The van der Waals surface area contributed by atoms with E-state index in [9.17, 15) is 9.59 Å². The Morgan fingerprint density at radius 3 is 2.67 bits per heavy atom. The summed E-state index contributed by atoms with van der Waals surface area (Å²) in [5.41, 5.74) is 3.78. The molecular formula is C18H15ClN2O3. The molecule has 3 N–H and O–H groups in total. The third-order valence-electron chi connectivity index (χ3n) is 3.73. The van der Waals surface area contributed by atoms with Crippen molar-refractivity contribution < 1.29 is 14.7 Å². The van der Waals surface area contributed by atoms with Gasteiger partial charge in [-0.3, -0.25) is 9.59 Å². The Hall–Kier alpha value is -2.79. The highest BCUT2D eigenvalue weighted by Gasteiger charge is 2.24. The van der Waals surface area contributed by atoms with Crippen LogP contribution in [0.3, 0.4) is 0 Å². The third-order valence-corrected chi connectivity index (χ3v) is 3.96. The number of carboxylic acids is 1. The summed E-state index contributed by atoms with van der Waals surface area (Å²) < 4.78 is 0. The van der Waals surface area contributed by atoms with E-state index in [0.29, 0.717) is 17.0 Å². The molecule has 3 rings (SSSR count). The van der Waals surface area contributed by atoms with Crippen molar-refractivity contribution in [1.82, 2.24) is 0 Å². The molecule has 0 saturated carbocycles. The maximum Gasteiger partial charge on any atom is 0.303 e. The maximum absolute atomic E-state index is 12.0. The first-order chi connectivity index (χ1) is 11.5. The van der Waals surface area contributed by atoms with Crippen molar-refractivity contribution in [3.05, 3.63) is 64.8 Å². The Morgan fingerprint density at radius 2 is 1.96 bits per heavy atom. The van der Waals surface area contributed by atoms with Gasteiger partial charge in [-0.1, -0.05) is 23.7 Å². The van der Waals surface area contributed by atoms with Crippen LogP contribution in [-0.2, 0) is 16.0 Å². The topological polar surface area (TPSA) is 78.4 Å². The molecule has 1 aliphatic heterocycles. The lowest BCUT2D eigenvalue weighted by atomic mass is 10.1. The van der Waals surface area contributed by atoms with E-state index in [4.69, 9.17) is 16.7 Å². The molecule has 6 heteroatoms. The molecule has 0 radical (unpaired) electrons. The van der Waals surface area contributed by atoms with Crippen molar-refractivity contribution in [3.8, 4) is 0 Å². The second-order valence-corrected chi connectivity index (χ2v) is 5.87. The second kappa shape index (κ2) is 6.76. The number of amides is 1. The van der Waals surface area contributed by atoms with Gasteiger partial charge in [0.25, 0.3) is 5.91 Å². The first kappa shape index (κ1) is 16.1. The number of rotatable bonds is 5. The lowest BCUT2D eigenvalue weighted by Gasteiger charge is -2.05. The van der Waals surface area contributed by atoms with E-state index in [0.717, 1.165) is 22.5 Å². The van der Waals surface area contributed by atoms with Gasteiger partial charge in [0.1, 0.15) is 0 Å². The van der Waals surface area contributed by atoms with Gasteiger partial charge in [0, 0.05) is 34.6 Å². The molecule has 1 amide bonds. The van der Waals surface area contributed by atoms with Gasteiger partial charge >= 0.3 is 5.97 Å². The SMILES string of the molecule is O=C(O)CCc1ccc(NC=C2C(=O)Nc3ccc(Cl)cc32)cc1. The Bertz CT molecular complexity index is 829. The molecule has 2 aromatic carbocycles. The largest absolute Gasteiger partial charge is 0.481 e. The highest BCUT2D eigenvalue weighted by atomic mass is 35.5. The summed E-state index contributed by atoms with van der Waals surface area (Å²) in [4.78, 5) is 22.6. The van der Waals surface area contributed by atoms with Gasteiger partial charge in [-0.05, 0) is 42.3 Å². The smallest absolute Gasteiger partial charge is 0.303 e. The zero-order valence-electron chi connectivity index (χ0n) is 12.7. The van der Waals surface area contributed by atoms with Crippen LogP contribution in [0.2, 0.25) is 5.02 Å². The van der Waals surface area contributed by atoms with E-state index in [1.807, 2.05) is 24.3 Å².